The Balaban J connectivity index is 1.67. The highest BCUT2D eigenvalue weighted by Crippen LogP contribution is 2.15. The van der Waals surface area contributed by atoms with Crippen molar-refractivity contribution in [3.8, 4) is 0 Å². The van der Waals surface area contributed by atoms with Crippen LogP contribution in [0.2, 0.25) is 0 Å². The number of aryl methyl sites for hydroxylation is 1. The van der Waals surface area contributed by atoms with Crippen molar-refractivity contribution < 1.29 is 0 Å². The molecule has 1 aliphatic rings. The SMILES string of the molecule is CCn1cc(CN(Cc2cccnc2)C[C@H]2CCNC2)cn1. The summed E-state index contributed by atoms with van der Waals surface area (Å²) in [6.45, 7) is 8.35. The van der Waals surface area contributed by atoms with E-state index in [1.54, 1.807) is 0 Å². The smallest absolute Gasteiger partial charge is 0.0534 e. The molecule has 5 heteroatoms. The van der Waals surface area contributed by atoms with Crippen LogP contribution < -0.4 is 5.32 Å². The van der Waals surface area contributed by atoms with Crippen LogP contribution in [0.5, 0.6) is 0 Å². The normalized spacial score (nSPS) is 18.2. The lowest BCUT2D eigenvalue weighted by atomic mass is 10.1. The molecule has 22 heavy (non-hydrogen) atoms. The van der Waals surface area contributed by atoms with E-state index < -0.39 is 0 Å². The monoisotopic (exact) mass is 299 g/mol. The third-order valence-corrected chi connectivity index (χ3v) is 4.22. The zero-order valence-corrected chi connectivity index (χ0v) is 13.3. The van der Waals surface area contributed by atoms with E-state index >= 15 is 0 Å². The highest BCUT2D eigenvalue weighted by Gasteiger charge is 2.19. The zero-order chi connectivity index (χ0) is 15.2. The molecule has 0 bridgehead atoms. The van der Waals surface area contributed by atoms with Gasteiger partial charge in [-0.2, -0.15) is 5.10 Å². The average Bonchev–Trinajstić information content (AvgIpc) is 3.20. The van der Waals surface area contributed by atoms with E-state index in [-0.39, 0.29) is 0 Å². The largest absolute Gasteiger partial charge is 0.316 e. The van der Waals surface area contributed by atoms with Gasteiger partial charge in [-0.05, 0) is 44.0 Å². The van der Waals surface area contributed by atoms with E-state index in [1.165, 1.54) is 17.5 Å². The quantitative estimate of drug-likeness (QED) is 0.848. The maximum atomic E-state index is 4.39. The first kappa shape index (κ1) is 15.2. The standard InChI is InChI=1S/C17H25N5/c1-2-22-14-17(10-20-22)13-21(12-16-5-7-19-9-16)11-15-4-3-6-18-8-15/h3-4,6,8,10,14,16,19H,2,5,7,9,11-13H2,1H3/t16-/m0/s1. The van der Waals surface area contributed by atoms with Gasteiger partial charge in [0, 0.05) is 50.3 Å². The fourth-order valence-corrected chi connectivity index (χ4v) is 3.09. The van der Waals surface area contributed by atoms with Crippen LogP contribution in [0.3, 0.4) is 0 Å². The number of rotatable bonds is 7. The lowest BCUT2D eigenvalue weighted by Crippen LogP contribution is -2.29. The fraction of sp³-hybridized carbons (Fsp3) is 0.529. The molecule has 0 aliphatic carbocycles. The van der Waals surface area contributed by atoms with Crippen molar-refractivity contribution in [2.45, 2.75) is 33.0 Å². The number of pyridine rings is 1. The van der Waals surface area contributed by atoms with Crippen molar-refractivity contribution >= 4 is 0 Å². The highest BCUT2D eigenvalue weighted by atomic mass is 15.3. The predicted molar refractivity (Wildman–Crippen MR) is 87.2 cm³/mol. The Morgan fingerprint density at radius 2 is 2.23 bits per heavy atom. The molecular weight excluding hydrogens is 274 g/mol. The molecule has 118 valence electrons. The molecular formula is C17H25N5. The topological polar surface area (TPSA) is 46.0 Å². The van der Waals surface area contributed by atoms with Crippen LogP contribution in [0.1, 0.15) is 24.5 Å². The van der Waals surface area contributed by atoms with Gasteiger partial charge in [-0.3, -0.25) is 14.6 Å². The van der Waals surface area contributed by atoms with Gasteiger partial charge in [-0.1, -0.05) is 6.07 Å². The second-order valence-corrected chi connectivity index (χ2v) is 6.09. The van der Waals surface area contributed by atoms with Gasteiger partial charge in [0.1, 0.15) is 0 Å². The lowest BCUT2D eigenvalue weighted by molar-refractivity contribution is 0.220. The minimum atomic E-state index is 0.748. The van der Waals surface area contributed by atoms with Crippen LogP contribution in [0, 0.1) is 5.92 Å². The Hall–Kier alpha value is -1.72. The third kappa shape index (κ3) is 4.15. The van der Waals surface area contributed by atoms with Crippen molar-refractivity contribution in [2.75, 3.05) is 19.6 Å². The summed E-state index contributed by atoms with van der Waals surface area (Å²) >= 11 is 0. The van der Waals surface area contributed by atoms with E-state index in [9.17, 15) is 0 Å². The summed E-state index contributed by atoms with van der Waals surface area (Å²) < 4.78 is 1.99. The van der Waals surface area contributed by atoms with Gasteiger partial charge in [-0.15, -0.1) is 0 Å². The predicted octanol–water partition coefficient (Wildman–Crippen LogP) is 1.91. The summed E-state index contributed by atoms with van der Waals surface area (Å²) in [7, 11) is 0. The molecule has 2 aromatic rings. The van der Waals surface area contributed by atoms with Crippen molar-refractivity contribution in [1.29, 1.82) is 0 Å². The molecule has 1 aliphatic heterocycles. The molecule has 1 atom stereocenters. The van der Waals surface area contributed by atoms with Crippen molar-refractivity contribution in [3.05, 3.63) is 48.0 Å². The number of nitrogens with zero attached hydrogens (tertiary/aromatic N) is 4. The zero-order valence-electron chi connectivity index (χ0n) is 13.3. The summed E-state index contributed by atoms with van der Waals surface area (Å²) in [5.74, 6) is 0.748. The van der Waals surface area contributed by atoms with Crippen LogP contribution in [-0.4, -0.2) is 39.3 Å². The first-order valence-corrected chi connectivity index (χ1v) is 8.17. The van der Waals surface area contributed by atoms with Crippen molar-refractivity contribution in [2.24, 2.45) is 5.92 Å². The first-order chi connectivity index (χ1) is 10.8. The first-order valence-electron chi connectivity index (χ1n) is 8.17. The van der Waals surface area contributed by atoms with Gasteiger partial charge < -0.3 is 5.32 Å². The minimum absolute atomic E-state index is 0.748. The van der Waals surface area contributed by atoms with Gasteiger partial charge >= 0.3 is 0 Å². The van der Waals surface area contributed by atoms with Gasteiger partial charge in [0.2, 0.25) is 0 Å². The summed E-state index contributed by atoms with van der Waals surface area (Å²) in [5, 5.41) is 7.86. The van der Waals surface area contributed by atoms with Gasteiger partial charge in [0.25, 0.3) is 0 Å². The molecule has 0 saturated carbocycles. The number of aromatic nitrogens is 3. The summed E-state index contributed by atoms with van der Waals surface area (Å²) in [6.07, 6.45) is 9.23. The Kier molecular flexibility index (Phi) is 5.19. The molecule has 1 saturated heterocycles. The number of hydrogen-bond donors (Lipinski definition) is 1. The maximum absolute atomic E-state index is 4.39. The van der Waals surface area contributed by atoms with Gasteiger partial charge in [0.15, 0.2) is 0 Å². The molecule has 1 N–H and O–H groups in total. The van der Waals surface area contributed by atoms with Gasteiger partial charge in [0.05, 0.1) is 6.20 Å². The molecule has 0 spiro atoms. The molecule has 5 nitrogen and oxygen atoms in total. The van der Waals surface area contributed by atoms with E-state index in [2.05, 4.69) is 39.5 Å². The summed E-state index contributed by atoms with van der Waals surface area (Å²) in [5.41, 5.74) is 2.56. The molecule has 0 radical (unpaired) electrons. The van der Waals surface area contributed by atoms with E-state index in [1.807, 2.05) is 29.3 Å². The Labute approximate surface area is 132 Å². The molecule has 0 amide bonds. The second-order valence-electron chi connectivity index (χ2n) is 6.09. The summed E-state index contributed by atoms with van der Waals surface area (Å²) in [6, 6.07) is 4.17. The molecule has 3 rings (SSSR count). The Morgan fingerprint density at radius 1 is 1.32 bits per heavy atom. The minimum Gasteiger partial charge on any atom is -0.316 e. The Morgan fingerprint density at radius 3 is 2.91 bits per heavy atom. The van der Waals surface area contributed by atoms with Crippen LogP contribution >= 0.6 is 0 Å². The fourth-order valence-electron chi connectivity index (χ4n) is 3.09. The molecule has 0 unspecified atom stereocenters. The molecule has 0 aromatic carbocycles. The second kappa shape index (κ2) is 7.51. The summed E-state index contributed by atoms with van der Waals surface area (Å²) in [4.78, 5) is 6.76. The van der Waals surface area contributed by atoms with Crippen molar-refractivity contribution in [3.63, 3.8) is 0 Å². The maximum Gasteiger partial charge on any atom is 0.0534 e. The average molecular weight is 299 g/mol. The van der Waals surface area contributed by atoms with E-state index in [4.69, 9.17) is 0 Å². The highest BCUT2D eigenvalue weighted by molar-refractivity contribution is 5.10. The molecule has 1 fully saturated rings. The Bertz CT molecular complexity index is 559. The van der Waals surface area contributed by atoms with Gasteiger partial charge in [-0.25, -0.2) is 0 Å². The number of hydrogen-bond acceptors (Lipinski definition) is 4. The van der Waals surface area contributed by atoms with Crippen LogP contribution in [0.25, 0.3) is 0 Å². The number of nitrogens with one attached hydrogen (secondary N) is 1. The third-order valence-electron chi connectivity index (χ3n) is 4.22. The van der Waals surface area contributed by atoms with Crippen molar-refractivity contribution in [1.82, 2.24) is 25.0 Å². The lowest BCUT2D eigenvalue weighted by Gasteiger charge is -2.24. The molecule has 2 aromatic heterocycles. The van der Waals surface area contributed by atoms with Crippen LogP contribution in [0.4, 0.5) is 0 Å². The van der Waals surface area contributed by atoms with E-state index in [0.717, 1.165) is 45.2 Å². The van der Waals surface area contributed by atoms with E-state index in [0.29, 0.717) is 0 Å². The molecule has 3 heterocycles. The van der Waals surface area contributed by atoms with Crippen LogP contribution in [0.15, 0.2) is 36.9 Å². The van der Waals surface area contributed by atoms with Crippen LogP contribution in [-0.2, 0) is 19.6 Å².